The molecule has 1 aromatic rings. The summed E-state index contributed by atoms with van der Waals surface area (Å²) in [5.41, 5.74) is 0.917. The Labute approximate surface area is 135 Å². The van der Waals surface area contributed by atoms with Crippen LogP contribution in [0.4, 0.5) is 0 Å². The Hall–Kier alpha value is -0.140. The van der Waals surface area contributed by atoms with E-state index in [1.165, 1.54) is 6.42 Å². The van der Waals surface area contributed by atoms with E-state index in [1.807, 2.05) is 6.92 Å². The molecule has 0 spiro atoms. The first-order chi connectivity index (χ1) is 8.99. The highest BCUT2D eigenvalue weighted by Crippen LogP contribution is 2.20. The highest BCUT2D eigenvalue weighted by atomic mass is 79.9. The summed E-state index contributed by atoms with van der Waals surface area (Å²) in [5.74, 6) is 0. The van der Waals surface area contributed by atoms with E-state index in [-0.39, 0.29) is 12.4 Å². The summed E-state index contributed by atoms with van der Waals surface area (Å²) in [6.45, 7) is 3.41. The molecule has 4 nitrogen and oxygen atoms in total. The van der Waals surface area contributed by atoms with Crippen LogP contribution in [0.5, 0.6) is 0 Å². The largest absolute Gasteiger partial charge is 0.314 e. The monoisotopic (exact) mass is 382 g/mol. The molecule has 114 valence electrons. The smallest absolute Gasteiger partial charge is 0.240 e. The van der Waals surface area contributed by atoms with E-state index >= 15 is 0 Å². The van der Waals surface area contributed by atoms with E-state index in [2.05, 4.69) is 26.0 Å². The molecule has 20 heavy (non-hydrogen) atoms. The van der Waals surface area contributed by atoms with E-state index in [4.69, 9.17) is 0 Å². The van der Waals surface area contributed by atoms with Crippen molar-refractivity contribution in [3.8, 4) is 0 Å². The predicted octanol–water partition coefficient (Wildman–Crippen LogP) is 2.60. The van der Waals surface area contributed by atoms with Gasteiger partial charge in [0.25, 0.3) is 0 Å². The van der Waals surface area contributed by atoms with Crippen LogP contribution in [0.25, 0.3) is 0 Å². The number of hydrogen-bond acceptors (Lipinski definition) is 3. The number of rotatable bonds is 5. The molecular formula is C13H20BrClN2O2S. The van der Waals surface area contributed by atoms with Gasteiger partial charge in [-0.25, -0.2) is 13.1 Å². The minimum Gasteiger partial charge on any atom is -0.314 e. The third-order valence-corrected chi connectivity index (χ3v) is 5.74. The van der Waals surface area contributed by atoms with Crippen LogP contribution < -0.4 is 10.0 Å². The van der Waals surface area contributed by atoms with Crippen LogP contribution in [0.15, 0.2) is 27.6 Å². The molecule has 0 radical (unpaired) electrons. The lowest BCUT2D eigenvalue weighted by molar-refractivity contribution is 0.539. The van der Waals surface area contributed by atoms with Crippen molar-refractivity contribution >= 4 is 38.4 Å². The zero-order valence-electron chi connectivity index (χ0n) is 11.4. The van der Waals surface area contributed by atoms with Gasteiger partial charge in [0.2, 0.25) is 10.0 Å². The minimum absolute atomic E-state index is 0. The van der Waals surface area contributed by atoms with Gasteiger partial charge < -0.3 is 5.32 Å². The Kier molecular flexibility index (Phi) is 6.94. The van der Waals surface area contributed by atoms with Crippen LogP contribution in [0, 0.1) is 6.92 Å². The van der Waals surface area contributed by atoms with Crippen LogP contribution >= 0.6 is 28.3 Å². The normalized spacial score (nSPS) is 18.8. The molecule has 1 fully saturated rings. The van der Waals surface area contributed by atoms with Crippen molar-refractivity contribution < 1.29 is 8.42 Å². The van der Waals surface area contributed by atoms with Crippen LogP contribution in [0.3, 0.4) is 0 Å². The van der Waals surface area contributed by atoms with Gasteiger partial charge in [0.05, 0.1) is 4.90 Å². The number of halogens is 2. The third-order valence-electron chi connectivity index (χ3n) is 3.39. The Balaban J connectivity index is 0.00000200. The van der Waals surface area contributed by atoms with Crippen molar-refractivity contribution in [2.75, 3.05) is 13.1 Å². The Bertz CT molecular complexity index is 545. The second-order valence-corrected chi connectivity index (χ2v) is 7.51. The van der Waals surface area contributed by atoms with Gasteiger partial charge in [0.1, 0.15) is 0 Å². The average Bonchev–Trinajstić information content (AvgIpc) is 2.85. The van der Waals surface area contributed by atoms with Gasteiger partial charge in [-0.1, -0.05) is 15.9 Å². The fourth-order valence-corrected chi connectivity index (χ4v) is 3.62. The molecule has 0 aromatic heterocycles. The molecule has 1 aliphatic heterocycles. The lowest BCUT2D eigenvalue weighted by atomic mass is 10.2. The van der Waals surface area contributed by atoms with Crippen LogP contribution in [0.1, 0.15) is 24.8 Å². The fraction of sp³-hybridized carbons (Fsp3) is 0.538. The summed E-state index contributed by atoms with van der Waals surface area (Å²) in [6.07, 6.45) is 3.16. The summed E-state index contributed by atoms with van der Waals surface area (Å²) in [6, 6.07) is 5.52. The second kappa shape index (κ2) is 7.75. The van der Waals surface area contributed by atoms with Gasteiger partial charge in [-0.15, -0.1) is 12.4 Å². The zero-order valence-corrected chi connectivity index (χ0v) is 14.6. The standard InChI is InChI=1S/C13H19BrN2O2S.ClH/c1-10-9-12(4-5-13(10)14)19(17,18)16-8-6-11-3-2-7-15-11;/h4-5,9,11,15-16H,2-3,6-8H2,1H3;1H/t11-;/m1./s1. The topological polar surface area (TPSA) is 58.2 Å². The molecule has 2 rings (SSSR count). The third kappa shape index (κ3) is 4.70. The Morgan fingerprint density at radius 1 is 1.45 bits per heavy atom. The van der Waals surface area contributed by atoms with Gasteiger partial charge in [-0.3, -0.25) is 0 Å². The molecule has 1 heterocycles. The number of benzene rings is 1. The Morgan fingerprint density at radius 3 is 2.80 bits per heavy atom. The lowest BCUT2D eigenvalue weighted by Gasteiger charge is -2.11. The fourth-order valence-electron chi connectivity index (χ4n) is 2.24. The maximum atomic E-state index is 12.1. The van der Waals surface area contributed by atoms with E-state index in [0.717, 1.165) is 29.4 Å². The molecule has 0 saturated carbocycles. The lowest BCUT2D eigenvalue weighted by Crippen LogP contribution is -2.30. The first-order valence-electron chi connectivity index (χ1n) is 6.48. The minimum atomic E-state index is -3.39. The molecular weight excluding hydrogens is 364 g/mol. The van der Waals surface area contributed by atoms with Crippen molar-refractivity contribution in [1.29, 1.82) is 0 Å². The van der Waals surface area contributed by atoms with E-state index in [9.17, 15) is 8.42 Å². The summed E-state index contributed by atoms with van der Waals surface area (Å²) >= 11 is 3.37. The molecule has 0 bridgehead atoms. The second-order valence-electron chi connectivity index (χ2n) is 4.89. The van der Waals surface area contributed by atoms with Gasteiger partial charge in [-0.05, 0) is 56.5 Å². The van der Waals surface area contributed by atoms with Crippen molar-refractivity contribution in [2.24, 2.45) is 0 Å². The highest BCUT2D eigenvalue weighted by Gasteiger charge is 2.17. The molecule has 1 atom stereocenters. The van der Waals surface area contributed by atoms with Gasteiger partial charge in [-0.2, -0.15) is 0 Å². The maximum Gasteiger partial charge on any atom is 0.240 e. The molecule has 1 aromatic carbocycles. The summed E-state index contributed by atoms with van der Waals surface area (Å²) in [4.78, 5) is 0.326. The molecule has 0 unspecified atom stereocenters. The van der Waals surface area contributed by atoms with Crippen LogP contribution in [0.2, 0.25) is 0 Å². The quantitative estimate of drug-likeness (QED) is 0.821. The summed E-state index contributed by atoms with van der Waals surface area (Å²) in [5, 5.41) is 3.36. The SMILES string of the molecule is Cc1cc(S(=O)(=O)NCC[C@H]2CCCN2)ccc1Br.Cl. The number of aryl methyl sites for hydroxylation is 1. The molecule has 1 saturated heterocycles. The predicted molar refractivity (Wildman–Crippen MR) is 87.0 cm³/mol. The molecule has 1 aliphatic rings. The van der Waals surface area contributed by atoms with Crippen molar-refractivity contribution in [3.05, 3.63) is 28.2 Å². The molecule has 0 aliphatic carbocycles. The van der Waals surface area contributed by atoms with Gasteiger partial charge >= 0.3 is 0 Å². The first-order valence-corrected chi connectivity index (χ1v) is 8.76. The first kappa shape index (κ1) is 17.9. The summed E-state index contributed by atoms with van der Waals surface area (Å²) in [7, 11) is -3.39. The van der Waals surface area contributed by atoms with Crippen LogP contribution in [-0.4, -0.2) is 27.5 Å². The molecule has 0 amide bonds. The molecule has 7 heteroatoms. The van der Waals surface area contributed by atoms with E-state index in [1.54, 1.807) is 18.2 Å². The zero-order chi connectivity index (χ0) is 13.9. The number of hydrogen-bond donors (Lipinski definition) is 2. The van der Waals surface area contributed by atoms with Gasteiger partial charge in [0, 0.05) is 17.1 Å². The summed E-state index contributed by atoms with van der Waals surface area (Å²) < 4.78 is 27.8. The maximum absolute atomic E-state index is 12.1. The van der Waals surface area contributed by atoms with Crippen molar-refractivity contribution in [3.63, 3.8) is 0 Å². The number of sulfonamides is 1. The Morgan fingerprint density at radius 2 is 2.20 bits per heavy atom. The molecule has 2 N–H and O–H groups in total. The van der Waals surface area contributed by atoms with Crippen molar-refractivity contribution in [2.45, 2.75) is 37.1 Å². The van der Waals surface area contributed by atoms with E-state index < -0.39 is 10.0 Å². The van der Waals surface area contributed by atoms with Crippen molar-refractivity contribution in [1.82, 2.24) is 10.0 Å². The van der Waals surface area contributed by atoms with Gasteiger partial charge in [0.15, 0.2) is 0 Å². The average molecular weight is 384 g/mol. The van der Waals surface area contributed by atoms with Crippen LogP contribution in [-0.2, 0) is 10.0 Å². The highest BCUT2D eigenvalue weighted by molar-refractivity contribution is 9.10. The van der Waals surface area contributed by atoms with E-state index in [0.29, 0.717) is 17.5 Å². The number of nitrogens with one attached hydrogen (secondary N) is 2.